The molecular weight excluding hydrogens is 547 g/mol. The molecule has 0 saturated carbocycles. The first-order valence-corrected chi connectivity index (χ1v) is 14.8. The van der Waals surface area contributed by atoms with Gasteiger partial charge in [-0.2, -0.15) is 5.26 Å². The molecule has 0 bridgehead atoms. The van der Waals surface area contributed by atoms with Gasteiger partial charge in [-0.05, 0) is 94.6 Å². The normalized spacial score (nSPS) is 17.3. The van der Waals surface area contributed by atoms with Gasteiger partial charge in [0.25, 0.3) is 0 Å². The van der Waals surface area contributed by atoms with Crippen LogP contribution in [0.5, 0.6) is 5.88 Å². The zero-order chi connectivity index (χ0) is 30.8. The fraction of sp³-hybridized carbons (Fsp3) is 0.412. The number of ether oxygens (including phenoxy) is 2. The van der Waals surface area contributed by atoms with Crippen molar-refractivity contribution in [2.45, 2.75) is 65.1 Å². The van der Waals surface area contributed by atoms with Crippen molar-refractivity contribution in [3.63, 3.8) is 0 Å². The SMILES string of the molecule is CC(CN1CCC(c2cccc(OCc3ccc(C#N)cc3F)n2)CC1)=Nc1ccc(C(=O)O)cc1C.CCC1CCO1. The van der Waals surface area contributed by atoms with Gasteiger partial charge in [0.2, 0.25) is 5.88 Å². The molecule has 8 nitrogen and oxygen atoms in total. The summed E-state index contributed by atoms with van der Waals surface area (Å²) in [6.45, 7) is 9.65. The number of aryl methyl sites for hydroxylation is 1. The van der Waals surface area contributed by atoms with Gasteiger partial charge in [0, 0.05) is 42.1 Å². The number of hydrogen-bond donors (Lipinski definition) is 1. The summed E-state index contributed by atoms with van der Waals surface area (Å²) in [6.07, 6.45) is 5.02. The van der Waals surface area contributed by atoms with Gasteiger partial charge in [0.1, 0.15) is 12.4 Å². The van der Waals surface area contributed by atoms with Crippen LogP contribution in [0, 0.1) is 24.1 Å². The zero-order valence-corrected chi connectivity index (χ0v) is 25.1. The molecule has 43 heavy (non-hydrogen) atoms. The third-order valence-corrected chi connectivity index (χ3v) is 7.76. The minimum absolute atomic E-state index is 0.0452. The van der Waals surface area contributed by atoms with Gasteiger partial charge in [0.05, 0.1) is 29.0 Å². The van der Waals surface area contributed by atoms with Crippen LogP contribution in [0.3, 0.4) is 0 Å². The average molecular weight is 587 g/mol. The lowest BCUT2D eigenvalue weighted by Crippen LogP contribution is -2.36. The minimum Gasteiger partial charge on any atom is -0.478 e. The van der Waals surface area contributed by atoms with Crippen LogP contribution in [-0.2, 0) is 11.3 Å². The molecule has 5 rings (SSSR count). The van der Waals surface area contributed by atoms with Crippen LogP contribution in [-0.4, -0.2) is 59.0 Å². The van der Waals surface area contributed by atoms with Crippen molar-refractivity contribution in [1.29, 1.82) is 5.26 Å². The number of aromatic carboxylic acids is 1. The van der Waals surface area contributed by atoms with Gasteiger partial charge in [-0.1, -0.05) is 19.1 Å². The summed E-state index contributed by atoms with van der Waals surface area (Å²) in [6, 6.07) is 16.9. The van der Waals surface area contributed by atoms with Gasteiger partial charge in [-0.15, -0.1) is 0 Å². The summed E-state index contributed by atoms with van der Waals surface area (Å²) in [7, 11) is 0. The third-order valence-electron chi connectivity index (χ3n) is 7.76. The minimum atomic E-state index is -0.940. The van der Waals surface area contributed by atoms with Gasteiger partial charge >= 0.3 is 5.97 Å². The van der Waals surface area contributed by atoms with Crippen LogP contribution in [0.2, 0.25) is 0 Å². The lowest BCUT2D eigenvalue weighted by atomic mass is 9.93. The number of nitrogens with zero attached hydrogens (tertiary/aromatic N) is 4. The van der Waals surface area contributed by atoms with E-state index in [4.69, 9.17) is 24.8 Å². The van der Waals surface area contributed by atoms with E-state index in [1.807, 2.05) is 32.0 Å². The summed E-state index contributed by atoms with van der Waals surface area (Å²) in [4.78, 5) is 22.9. The van der Waals surface area contributed by atoms with Crippen LogP contribution in [0.15, 0.2) is 59.6 Å². The first-order valence-electron chi connectivity index (χ1n) is 14.8. The Labute approximate surface area is 252 Å². The molecule has 0 radical (unpaired) electrons. The average Bonchev–Trinajstić information content (AvgIpc) is 2.97. The van der Waals surface area contributed by atoms with E-state index in [9.17, 15) is 9.18 Å². The molecule has 2 fully saturated rings. The summed E-state index contributed by atoms with van der Waals surface area (Å²) in [5.74, 6) is -0.635. The van der Waals surface area contributed by atoms with Gasteiger partial charge < -0.3 is 14.6 Å². The first-order chi connectivity index (χ1) is 20.7. The van der Waals surface area contributed by atoms with Crippen LogP contribution < -0.4 is 4.74 Å². The smallest absolute Gasteiger partial charge is 0.335 e. The van der Waals surface area contributed by atoms with Crippen molar-refractivity contribution >= 4 is 17.4 Å². The second kappa shape index (κ2) is 15.4. The Morgan fingerprint density at radius 2 is 1.95 bits per heavy atom. The number of nitriles is 1. The largest absolute Gasteiger partial charge is 0.478 e. The topological polar surface area (TPSA) is 108 Å². The molecule has 0 amide bonds. The molecule has 1 N–H and O–H groups in total. The van der Waals surface area contributed by atoms with E-state index in [-0.39, 0.29) is 17.7 Å². The molecule has 1 aromatic heterocycles. The number of carboxylic acids is 1. The number of aliphatic imine (C=N–C) groups is 1. The molecule has 0 aliphatic carbocycles. The van der Waals surface area contributed by atoms with E-state index >= 15 is 0 Å². The van der Waals surface area contributed by atoms with Crippen LogP contribution in [0.4, 0.5) is 10.1 Å². The van der Waals surface area contributed by atoms with Gasteiger partial charge in [-0.25, -0.2) is 14.2 Å². The number of aromatic nitrogens is 1. The lowest BCUT2D eigenvalue weighted by Gasteiger charge is -2.31. The van der Waals surface area contributed by atoms with Crippen molar-refractivity contribution in [2.24, 2.45) is 4.99 Å². The molecule has 1 unspecified atom stereocenters. The van der Waals surface area contributed by atoms with Crippen LogP contribution in [0.1, 0.15) is 78.2 Å². The number of rotatable bonds is 9. The van der Waals surface area contributed by atoms with Crippen molar-refractivity contribution < 1.29 is 23.8 Å². The molecule has 9 heteroatoms. The van der Waals surface area contributed by atoms with Crippen LogP contribution in [0.25, 0.3) is 0 Å². The summed E-state index contributed by atoms with van der Waals surface area (Å²) < 4.78 is 25.0. The number of piperidine rings is 1. The maximum Gasteiger partial charge on any atom is 0.335 e. The molecule has 0 spiro atoms. The number of carbonyl (C=O) groups is 1. The van der Waals surface area contributed by atoms with Crippen molar-refractivity contribution in [3.8, 4) is 11.9 Å². The van der Waals surface area contributed by atoms with Crippen molar-refractivity contribution in [3.05, 3.63) is 88.4 Å². The van der Waals surface area contributed by atoms with E-state index in [1.54, 1.807) is 36.4 Å². The number of carboxylic acid groups (broad SMARTS) is 1. The number of hydrogen-bond acceptors (Lipinski definition) is 7. The number of likely N-dealkylation sites (tertiary alicyclic amines) is 1. The van der Waals surface area contributed by atoms with Gasteiger partial charge in [-0.3, -0.25) is 9.89 Å². The third kappa shape index (κ3) is 9.18. The second-order valence-corrected chi connectivity index (χ2v) is 11.0. The molecule has 3 aromatic rings. The summed E-state index contributed by atoms with van der Waals surface area (Å²) in [5.41, 5.74) is 4.50. The number of pyridine rings is 1. The molecule has 2 aliphatic heterocycles. The highest BCUT2D eigenvalue weighted by atomic mass is 19.1. The quantitative estimate of drug-likeness (QED) is 0.274. The Bertz CT molecular complexity index is 1470. The molecular formula is C34H39FN4O4. The maximum atomic E-state index is 14.1. The Hall–Kier alpha value is -4.13. The Balaban J connectivity index is 0.000000628. The van der Waals surface area contributed by atoms with E-state index in [2.05, 4.69) is 16.8 Å². The molecule has 2 aromatic carbocycles. The zero-order valence-electron chi connectivity index (χ0n) is 25.1. The first kappa shape index (κ1) is 31.8. The highest BCUT2D eigenvalue weighted by Crippen LogP contribution is 2.28. The molecule has 3 heterocycles. The number of halogens is 1. The van der Waals surface area contributed by atoms with E-state index in [1.165, 1.54) is 18.9 Å². The van der Waals surface area contributed by atoms with E-state index in [0.717, 1.165) is 61.7 Å². The lowest BCUT2D eigenvalue weighted by molar-refractivity contribution is -0.0516. The second-order valence-electron chi connectivity index (χ2n) is 11.0. The fourth-order valence-electron chi connectivity index (χ4n) is 5.10. The van der Waals surface area contributed by atoms with Gasteiger partial charge in [0.15, 0.2) is 0 Å². The van der Waals surface area contributed by atoms with E-state index in [0.29, 0.717) is 23.5 Å². The monoisotopic (exact) mass is 586 g/mol. The number of benzene rings is 2. The maximum absolute atomic E-state index is 14.1. The Morgan fingerprint density at radius 3 is 2.53 bits per heavy atom. The summed E-state index contributed by atoms with van der Waals surface area (Å²) >= 11 is 0. The van der Waals surface area contributed by atoms with E-state index < -0.39 is 11.8 Å². The predicted octanol–water partition coefficient (Wildman–Crippen LogP) is 6.84. The predicted molar refractivity (Wildman–Crippen MR) is 164 cm³/mol. The summed E-state index contributed by atoms with van der Waals surface area (Å²) in [5, 5.41) is 18.0. The molecule has 2 aliphatic rings. The van der Waals surface area contributed by atoms with Crippen LogP contribution >= 0.6 is 0 Å². The fourth-order valence-corrected chi connectivity index (χ4v) is 5.10. The Kier molecular flexibility index (Phi) is 11.4. The Morgan fingerprint density at radius 1 is 1.19 bits per heavy atom. The molecule has 226 valence electrons. The highest BCUT2D eigenvalue weighted by molar-refractivity contribution is 5.90. The van der Waals surface area contributed by atoms with Crippen molar-refractivity contribution in [1.82, 2.24) is 9.88 Å². The molecule has 2 saturated heterocycles. The standard InChI is InChI=1S/C29H29FN4O3.C5H10O/c1-19-14-23(29(35)36)8-9-26(19)32-20(2)17-34-12-10-22(11-13-34)27-4-3-5-28(33-27)37-18-24-7-6-21(16-31)15-25(24)30;1-2-5-3-4-6-5/h3-9,14-15,22H,10-13,17-18H2,1-2H3,(H,35,36);5H,2-4H2,1H3. The highest BCUT2D eigenvalue weighted by Gasteiger charge is 2.22. The van der Waals surface area contributed by atoms with Crippen molar-refractivity contribution in [2.75, 3.05) is 26.2 Å². The molecule has 1 atom stereocenters.